The average molecular weight is 318 g/mol. The highest BCUT2D eigenvalue weighted by molar-refractivity contribution is 8.76. The van der Waals surface area contributed by atoms with Crippen LogP contribution in [-0.4, -0.2) is 56.9 Å². The normalized spacial score (nSPS) is 34.1. The maximum absolute atomic E-state index is 9.87. The molecule has 0 spiro atoms. The van der Waals surface area contributed by atoms with E-state index in [0.717, 1.165) is 11.3 Å². The van der Waals surface area contributed by atoms with Crippen molar-refractivity contribution in [2.24, 2.45) is 0 Å². The highest BCUT2D eigenvalue weighted by Crippen LogP contribution is 2.37. The molecule has 1 aromatic rings. The van der Waals surface area contributed by atoms with Gasteiger partial charge in [0.1, 0.15) is 29.9 Å². The molecule has 112 valence electrons. The summed E-state index contributed by atoms with van der Waals surface area (Å²) in [4.78, 5) is 0. The predicted octanol–water partition coefficient (Wildman–Crippen LogP) is 0.368. The van der Waals surface area contributed by atoms with Crippen molar-refractivity contribution in [1.29, 1.82) is 0 Å². The Bertz CT molecular complexity index is 403. The van der Waals surface area contributed by atoms with E-state index in [1.807, 2.05) is 30.3 Å². The Kier molecular flexibility index (Phi) is 6.16. The molecule has 0 saturated carbocycles. The Hall–Kier alpha value is -0.280. The van der Waals surface area contributed by atoms with E-state index in [1.165, 1.54) is 21.6 Å². The van der Waals surface area contributed by atoms with Crippen LogP contribution in [0.25, 0.3) is 0 Å². The van der Waals surface area contributed by atoms with Crippen molar-refractivity contribution >= 4 is 21.6 Å². The molecular formula is C13H18O5S2. The van der Waals surface area contributed by atoms with Gasteiger partial charge in [0.2, 0.25) is 0 Å². The standard InChI is InChI=1S/C13H18O5S2/c14-6-9-10(15)11(16)12(17)13(18-9)20-19-7-8-4-2-1-3-5-8/h1-5,9-17H,6-7H2/t9-,10+,11+,12-,13+/m1/s1. The van der Waals surface area contributed by atoms with E-state index in [1.54, 1.807) is 0 Å². The molecule has 1 fully saturated rings. The van der Waals surface area contributed by atoms with Gasteiger partial charge in [0.25, 0.3) is 0 Å². The van der Waals surface area contributed by atoms with Gasteiger partial charge in [0.15, 0.2) is 0 Å². The summed E-state index contributed by atoms with van der Waals surface area (Å²) in [6.07, 6.45) is -4.63. The largest absolute Gasteiger partial charge is 0.394 e. The number of hydrogen-bond donors (Lipinski definition) is 4. The first-order valence-electron chi connectivity index (χ1n) is 6.26. The van der Waals surface area contributed by atoms with Crippen LogP contribution in [0.5, 0.6) is 0 Å². The van der Waals surface area contributed by atoms with Crippen molar-refractivity contribution in [2.75, 3.05) is 6.61 Å². The van der Waals surface area contributed by atoms with Crippen molar-refractivity contribution < 1.29 is 25.2 Å². The minimum Gasteiger partial charge on any atom is -0.394 e. The predicted molar refractivity (Wildman–Crippen MR) is 79.1 cm³/mol. The summed E-state index contributed by atoms with van der Waals surface area (Å²) in [7, 11) is 2.78. The first-order chi connectivity index (χ1) is 9.63. The SMILES string of the molecule is OC[C@H]1O[C@@H](SSCc2ccccc2)[C@H](O)[C@@H](O)[C@H]1O. The Morgan fingerprint density at radius 3 is 2.35 bits per heavy atom. The number of benzene rings is 1. The summed E-state index contributed by atoms with van der Waals surface area (Å²) in [6, 6.07) is 9.85. The van der Waals surface area contributed by atoms with Gasteiger partial charge in [-0.2, -0.15) is 0 Å². The summed E-state index contributed by atoms with van der Waals surface area (Å²) in [5.74, 6) is 0.737. The Labute approximate surface area is 125 Å². The van der Waals surface area contributed by atoms with Crippen molar-refractivity contribution in [2.45, 2.75) is 35.6 Å². The zero-order chi connectivity index (χ0) is 14.5. The monoisotopic (exact) mass is 318 g/mol. The molecule has 0 amide bonds. The van der Waals surface area contributed by atoms with Gasteiger partial charge in [-0.1, -0.05) is 51.9 Å². The van der Waals surface area contributed by atoms with Crippen molar-refractivity contribution in [1.82, 2.24) is 0 Å². The Balaban J connectivity index is 1.85. The Morgan fingerprint density at radius 2 is 1.70 bits per heavy atom. The lowest BCUT2D eigenvalue weighted by Crippen LogP contribution is -2.57. The minimum absolute atomic E-state index is 0.397. The van der Waals surface area contributed by atoms with Crippen LogP contribution in [0.3, 0.4) is 0 Å². The van der Waals surface area contributed by atoms with E-state index in [9.17, 15) is 15.3 Å². The summed E-state index contributed by atoms with van der Waals surface area (Å²) >= 11 is 0. The quantitative estimate of drug-likeness (QED) is 0.583. The molecule has 5 atom stereocenters. The zero-order valence-electron chi connectivity index (χ0n) is 10.7. The summed E-state index contributed by atoms with van der Waals surface area (Å²) in [5.41, 5.74) is 0.467. The fourth-order valence-electron chi connectivity index (χ4n) is 1.89. The van der Waals surface area contributed by atoms with Gasteiger partial charge in [-0.15, -0.1) is 0 Å². The molecule has 2 rings (SSSR count). The van der Waals surface area contributed by atoms with E-state index < -0.39 is 36.5 Å². The number of aliphatic hydroxyl groups is 4. The van der Waals surface area contributed by atoms with E-state index in [0.29, 0.717) is 0 Å². The van der Waals surface area contributed by atoms with Gasteiger partial charge in [-0.05, 0) is 5.56 Å². The highest BCUT2D eigenvalue weighted by Gasteiger charge is 2.43. The molecule has 0 aromatic heterocycles. The van der Waals surface area contributed by atoms with E-state index >= 15 is 0 Å². The topological polar surface area (TPSA) is 90.2 Å². The summed E-state index contributed by atoms with van der Waals surface area (Å²) in [5, 5.41) is 38.3. The fraction of sp³-hybridized carbons (Fsp3) is 0.538. The molecule has 7 heteroatoms. The van der Waals surface area contributed by atoms with Crippen LogP contribution in [0.4, 0.5) is 0 Å². The minimum atomic E-state index is -1.31. The van der Waals surface area contributed by atoms with Gasteiger partial charge in [0, 0.05) is 5.75 Å². The third-order valence-electron chi connectivity index (χ3n) is 3.08. The third-order valence-corrected chi connectivity index (χ3v) is 5.58. The van der Waals surface area contributed by atoms with E-state index in [-0.39, 0.29) is 0 Å². The molecule has 1 aliphatic heterocycles. The number of ether oxygens (including phenoxy) is 1. The van der Waals surface area contributed by atoms with Crippen LogP contribution >= 0.6 is 21.6 Å². The molecule has 0 bridgehead atoms. The van der Waals surface area contributed by atoms with Gasteiger partial charge >= 0.3 is 0 Å². The molecule has 1 heterocycles. The van der Waals surface area contributed by atoms with Gasteiger partial charge in [-0.3, -0.25) is 0 Å². The zero-order valence-corrected chi connectivity index (χ0v) is 12.3. The summed E-state index contributed by atoms with van der Waals surface area (Å²) < 4.78 is 5.40. The second kappa shape index (κ2) is 7.65. The second-order valence-electron chi connectivity index (χ2n) is 4.54. The molecular weight excluding hydrogens is 300 g/mol. The maximum atomic E-state index is 9.87. The molecule has 1 aliphatic rings. The van der Waals surface area contributed by atoms with Crippen LogP contribution in [0.1, 0.15) is 5.56 Å². The fourth-order valence-corrected chi connectivity index (χ4v) is 4.38. The van der Waals surface area contributed by atoms with Gasteiger partial charge in [0.05, 0.1) is 6.61 Å². The number of rotatable bonds is 5. The lowest BCUT2D eigenvalue weighted by Gasteiger charge is -2.39. The molecule has 1 aromatic carbocycles. The van der Waals surface area contributed by atoms with Crippen LogP contribution in [0.15, 0.2) is 30.3 Å². The van der Waals surface area contributed by atoms with Crippen molar-refractivity contribution in [3.05, 3.63) is 35.9 Å². The number of hydrogen-bond acceptors (Lipinski definition) is 7. The molecule has 0 radical (unpaired) electrons. The van der Waals surface area contributed by atoms with Gasteiger partial charge in [-0.25, -0.2) is 0 Å². The van der Waals surface area contributed by atoms with E-state index in [4.69, 9.17) is 9.84 Å². The third kappa shape index (κ3) is 3.88. The molecule has 1 saturated heterocycles. The Morgan fingerprint density at radius 1 is 1.00 bits per heavy atom. The average Bonchev–Trinajstić information content (AvgIpc) is 2.48. The van der Waals surface area contributed by atoms with E-state index in [2.05, 4.69) is 0 Å². The summed E-state index contributed by atoms with van der Waals surface area (Å²) in [6.45, 7) is -0.397. The first-order valence-corrected chi connectivity index (χ1v) is 8.64. The van der Waals surface area contributed by atoms with Crippen LogP contribution in [-0.2, 0) is 10.5 Å². The smallest absolute Gasteiger partial charge is 0.142 e. The molecule has 0 unspecified atom stereocenters. The second-order valence-corrected chi connectivity index (χ2v) is 7.01. The van der Waals surface area contributed by atoms with Crippen LogP contribution < -0.4 is 0 Å². The maximum Gasteiger partial charge on any atom is 0.142 e. The van der Waals surface area contributed by atoms with Crippen LogP contribution in [0, 0.1) is 0 Å². The first kappa shape index (κ1) is 16.1. The van der Waals surface area contributed by atoms with Gasteiger partial charge < -0.3 is 25.2 Å². The van der Waals surface area contributed by atoms with Crippen molar-refractivity contribution in [3.8, 4) is 0 Å². The molecule has 5 nitrogen and oxygen atoms in total. The molecule has 20 heavy (non-hydrogen) atoms. The lowest BCUT2D eigenvalue weighted by molar-refractivity contribution is -0.205. The lowest BCUT2D eigenvalue weighted by atomic mass is 10.0. The molecule has 4 N–H and O–H groups in total. The molecule has 0 aliphatic carbocycles. The highest BCUT2D eigenvalue weighted by atomic mass is 33.1. The van der Waals surface area contributed by atoms with Crippen LogP contribution in [0.2, 0.25) is 0 Å². The number of aliphatic hydroxyl groups excluding tert-OH is 4. The van der Waals surface area contributed by atoms with Crippen molar-refractivity contribution in [3.63, 3.8) is 0 Å².